The van der Waals surface area contributed by atoms with Crippen LogP contribution >= 0.6 is 11.8 Å². The first-order chi connectivity index (χ1) is 16.0. The molecule has 0 bridgehead atoms. The molecular weight excluding hydrogens is 441 g/mol. The summed E-state index contributed by atoms with van der Waals surface area (Å²) in [6.07, 6.45) is 2.60. The first-order valence-electron chi connectivity index (χ1n) is 11.2. The quantitative estimate of drug-likeness (QED) is 0.417. The van der Waals surface area contributed by atoms with E-state index in [2.05, 4.69) is 34.5 Å². The SMILES string of the molecule is CC(Sc1nnc(C(C)Oc2ccc(F)cc2)o1)C(=O)N1CCC(Cc2ccccc2)CC1. The smallest absolute Gasteiger partial charge is 0.277 e. The van der Waals surface area contributed by atoms with E-state index in [9.17, 15) is 9.18 Å². The van der Waals surface area contributed by atoms with Crippen molar-refractivity contribution in [1.29, 1.82) is 0 Å². The fourth-order valence-electron chi connectivity index (χ4n) is 3.96. The number of ether oxygens (including phenoxy) is 1. The minimum absolute atomic E-state index is 0.0912. The van der Waals surface area contributed by atoms with Gasteiger partial charge in [-0.3, -0.25) is 4.79 Å². The highest BCUT2D eigenvalue weighted by atomic mass is 32.2. The Labute approximate surface area is 197 Å². The van der Waals surface area contributed by atoms with Crippen LogP contribution in [0.2, 0.25) is 0 Å². The first-order valence-corrected chi connectivity index (χ1v) is 12.1. The molecule has 6 nitrogen and oxygen atoms in total. The Morgan fingerprint density at radius 1 is 1.12 bits per heavy atom. The molecule has 1 aliphatic heterocycles. The zero-order valence-electron chi connectivity index (χ0n) is 18.8. The lowest BCUT2D eigenvalue weighted by Crippen LogP contribution is -2.42. The Morgan fingerprint density at radius 3 is 2.52 bits per heavy atom. The van der Waals surface area contributed by atoms with E-state index in [0.29, 0.717) is 22.8 Å². The first kappa shape index (κ1) is 23.3. The topological polar surface area (TPSA) is 68.5 Å². The predicted molar refractivity (Wildman–Crippen MR) is 125 cm³/mol. The minimum atomic E-state index is -0.494. The molecule has 1 amide bonds. The maximum absolute atomic E-state index is 13.0. The maximum Gasteiger partial charge on any atom is 0.277 e. The van der Waals surface area contributed by atoms with E-state index in [-0.39, 0.29) is 17.0 Å². The molecule has 2 atom stereocenters. The summed E-state index contributed by atoms with van der Waals surface area (Å²) in [6, 6.07) is 16.3. The molecule has 0 aliphatic carbocycles. The van der Waals surface area contributed by atoms with Gasteiger partial charge >= 0.3 is 0 Å². The van der Waals surface area contributed by atoms with Gasteiger partial charge in [-0.15, -0.1) is 10.2 Å². The number of benzene rings is 2. The number of carbonyl (C=O) groups is 1. The Morgan fingerprint density at radius 2 is 1.82 bits per heavy atom. The average Bonchev–Trinajstić information content (AvgIpc) is 3.30. The highest BCUT2D eigenvalue weighted by molar-refractivity contribution is 8.00. The van der Waals surface area contributed by atoms with Crippen molar-refractivity contribution in [2.75, 3.05) is 13.1 Å². The summed E-state index contributed by atoms with van der Waals surface area (Å²) in [6.45, 7) is 5.20. The van der Waals surface area contributed by atoms with Crippen LogP contribution in [0.4, 0.5) is 4.39 Å². The number of rotatable bonds is 8. The lowest BCUT2D eigenvalue weighted by atomic mass is 9.90. The van der Waals surface area contributed by atoms with Gasteiger partial charge in [0.05, 0.1) is 5.25 Å². The standard InChI is InChI=1S/C25H28FN3O3S/c1-17(31-22-10-8-21(26)9-11-22)23-27-28-25(32-23)33-18(2)24(30)29-14-12-20(13-15-29)16-19-6-4-3-5-7-19/h3-11,17-18,20H,12-16H2,1-2H3. The number of aromatic nitrogens is 2. The molecule has 8 heteroatoms. The molecule has 2 unspecified atom stereocenters. The maximum atomic E-state index is 13.0. The third-order valence-corrected chi connectivity index (χ3v) is 6.74. The average molecular weight is 470 g/mol. The van der Waals surface area contributed by atoms with Crippen LogP contribution in [0.25, 0.3) is 0 Å². The summed E-state index contributed by atoms with van der Waals surface area (Å²) in [5, 5.41) is 8.11. The zero-order valence-corrected chi connectivity index (χ0v) is 19.6. The third-order valence-electron chi connectivity index (χ3n) is 5.82. The molecule has 3 aromatic rings. The van der Waals surface area contributed by atoms with Crippen molar-refractivity contribution in [1.82, 2.24) is 15.1 Å². The van der Waals surface area contributed by atoms with Gasteiger partial charge in [0.25, 0.3) is 11.1 Å². The van der Waals surface area contributed by atoms with Gasteiger partial charge in [-0.25, -0.2) is 4.39 Å². The number of hydrogen-bond donors (Lipinski definition) is 0. The number of hydrogen-bond acceptors (Lipinski definition) is 6. The second-order valence-electron chi connectivity index (χ2n) is 8.34. The third kappa shape index (κ3) is 6.35. The Balaban J connectivity index is 1.25. The molecule has 0 spiro atoms. The zero-order chi connectivity index (χ0) is 23.2. The lowest BCUT2D eigenvalue weighted by Gasteiger charge is -2.33. The van der Waals surface area contributed by atoms with Gasteiger partial charge in [-0.1, -0.05) is 42.1 Å². The largest absolute Gasteiger partial charge is 0.481 e. The summed E-state index contributed by atoms with van der Waals surface area (Å²) in [7, 11) is 0. The molecule has 174 valence electrons. The van der Waals surface area contributed by atoms with Crippen LogP contribution in [0.5, 0.6) is 5.75 Å². The molecule has 33 heavy (non-hydrogen) atoms. The second kappa shape index (κ2) is 10.8. The molecule has 1 aliphatic rings. The van der Waals surface area contributed by atoms with Crippen molar-refractivity contribution < 1.29 is 18.3 Å². The number of thioether (sulfide) groups is 1. The van der Waals surface area contributed by atoms with E-state index in [1.165, 1.54) is 29.5 Å². The van der Waals surface area contributed by atoms with Crippen LogP contribution in [0.15, 0.2) is 64.2 Å². The van der Waals surface area contributed by atoms with Crippen LogP contribution in [0.3, 0.4) is 0 Å². The number of nitrogens with zero attached hydrogens (tertiary/aromatic N) is 3. The van der Waals surface area contributed by atoms with Gasteiger partial charge in [-0.2, -0.15) is 0 Å². The van der Waals surface area contributed by atoms with E-state index in [1.54, 1.807) is 19.1 Å². The highest BCUT2D eigenvalue weighted by Gasteiger charge is 2.28. The molecule has 0 radical (unpaired) electrons. The molecule has 4 rings (SSSR count). The molecule has 1 saturated heterocycles. The van der Waals surface area contributed by atoms with Crippen molar-refractivity contribution in [2.45, 2.75) is 49.7 Å². The molecule has 1 aromatic heterocycles. The van der Waals surface area contributed by atoms with Crippen molar-refractivity contribution in [3.8, 4) is 5.75 Å². The number of likely N-dealkylation sites (tertiary alicyclic amines) is 1. The van der Waals surface area contributed by atoms with E-state index < -0.39 is 6.10 Å². The van der Waals surface area contributed by atoms with Gasteiger partial charge in [-0.05, 0) is 68.9 Å². The number of halogens is 1. The molecule has 2 aromatic carbocycles. The predicted octanol–water partition coefficient (Wildman–Crippen LogP) is 5.31. The lowest BCUT2D eigenvalue weighted by molar-refractivity contribution is -0.131. The van der Waals surface area contributed by atoms with Crippen LogP contribution in [0.1, 0.15) is 44.2 Å². The van der Waals surface area contributed by atoms with Crippen LogP contribution in [0, 0.1) is 11.7 Å². The molecular formula is C25H28FN3O3S. The van der Waals surface area contributed by atoms with Gasteiger partial charge in [0, 0.05) is 13.1 Å². The fraction of sp³-hybridized carbons (Fsp3) is 0.400. The van der Waals surface area contributed by atoms with Crippen LogP contribution in [-0.2, 0) is 11.2 Å². The van der Waals surface area contributed by atoms with Crippen molar-refractivity contribution >= 4 is 17.7 Å². The van der Waals surface area contributed by atoms with Crippen LogP contribution in [-0.4, -0.2) is 39.3 Å². The van der Waals surface area contributed by atoms with Gasteiger partial charge in [0.1, 0.15) is 11.6 Å². The Bertz CT molecular complexity index is 1040. The van der Waals surface area contributed by atoms with E-state index in [4.69, 9.17) is 9.15 Å². The summed E-state index contributed by atoms with van der Waals surface area (Å²) in [4.78, 5) is 14.9. The van der Waals surface area contributed by atoms with Gasteiger partial charge < -0.3 is 14.1 Å². The summed E-state index contributed by atoms with van der Waals surface area (Å²) >= 11 is 1.26. The number of piperidine rings is 1. The number of amides is 1. The van der Waals surface area contributed by atoms with Crippen molar-refractivity contribution in [3.05, 3.63) is 71.9 Å². The van der Waals surface area contributed by atoms with E-state index in [1.807, 2.05) is 17.9 Å². The van der Waals surface area contributed by atoms with Gasteiger partial charge in [0.15, 0.2) is 6.10 Å². The molecule has 1 fully saturated rings. The summed E-state index contributed by atoms with van der Waals surface area (Å²) in [5.41, 5.74) is 1.36. The van der Waals surface area contributed by atoms with Crippen LogP contribution < -0.4 is 4.74 Å². The van der Waals surface area contributed by atoms with Crippen molar-refractivity contribution in [3.63, 3.8) is 0 Å². The molecule has 2 heterocycles. The monoisotopic (exact) mass is 469 g/mol. The molecule has 0 saturated carbocycles. The summed E-state index contributed by atoms with van der Waals surface area (Å²) < 4.78 is 24.5. The highest BCUT2D eigenvalue weighted by Crippen LogP contribution is 2.29. The van der Waals surface area contributed by atoms with Gasteiger partial charge in [0.2, 0.25) is 5.91 Å². The Kier molecular flexibility index (Phi) is 7.65. The Hall–Kier alpha value is -2.87. The van der Waals surface area contributed by atoms with E-state index >= 15 is 0 Å². The van der Waals surface area contributed by atoms with Crippen molar-refractivity contribution in [2.24, 2.45) is 5.92 Å². The fourth-order valence-corrected chi connectivity index (χ4v) is 4.74. The number of carbonyl (C=O) groups excluding carboxylic acids is 1. The summed E-state index contributed by atoms with van der Waals surface area (Å²) in [5.74, 6) is 1.19. The molecule has 0 N–H and O–H groups in total. The minimum Gasteiger partial charge on any atom is -0.481 e. The second-order valence-corrected chi connectivity index (χ2v) is 9.63. The van der Waals surface area contributed by atoms with E-state index in [0.717, 1.165) is 32.4 Å². The normalized spacial score (nSPS) is 16.4.